The van der Waals surface area contributed by atoms with Gasteiger partial charge < -0.3 is 4.74 Å². The fourth-order valence-electron chi connectivity index (χ4n) is 2.98. The zero-order chi connectivity index (χ0) is 14.0. The van der Waals surface area contributed by atoms with Crippen molar-refractivity contribution in [3.63, 3.8) is 0 Å². The van der Waals surface area contributed by atoms with Gasteiger partial charge in [0.25, 0.3) is 0 Å². The summed E-state index contributed by atoms with van der Waals surface area (Å²) < 4.78 is 6.09. The highest BCUT2D eigenvalue weighted by atomic mass is 16.5. The predicted molar refractivity (Wildman–Crippen MR) is 77.6 cm³/mol. The summed E-state index contributed by atoms with van der Waals surface area (Å²) in [6, 6.07) is 8.25. The van der Waals surface area contributed by atoms with Gasteiger partial charge in [0, 0.05) is 6.42 Å². The van der Waals surface area contributed by atoms with E-state index >= 15 is 0 Å². The van der Waals surface area contributed by atoms with E-state index < -0.39 is 0 Å². The second-order valence-corrected chi connectivity index (χ2v) is 5.82. The van der Waals surface area contributed by atoms with Gasteiger partial charge in [-0.25, -0.2) is 0 Å². The van der Waals surface area contributed by atoms with Crippen molar-refractivity contribution in [2.24, 2.45) is 5.41 Å². The first kappa shape index (κ1) is 14.1. The number of benzene rings is 1. The number of ether oxygens (including phenoxy) is 1. The smallest absolute Gasteiger partial charge is 0.146 e. The first-order valence-electron chi connectivity index (χ1n) is 7.33. The average molecular weight is 260 g/mol. The van der Waals surface area contributed by atoms with Gasteiger partial charge in [-0.1, -0.05) is 39.8 Å². The fraction of sp³-hybridized carbons (Fsp3) is 0.588. The molecule has 1 atom stereocenters. The van der Waals surface area contributed by atoms with E-state index in [1.54, 1.807) is 0 Å². The standard InChI is InChI=1S/C17H24O2/c1-5-17(6-2)15(18)11-16(17)19-14-9-7-8-13(10-14)12(3)4/h7-10,12,16H,5-6,11H2,1-4H3. The lowest BCUT2D eigenvalue weighted by molar-refractivity contribution is -0.153. The Balaban J connectivity index is 2.14. The van der Waals surface area contributed by atoms with E-state index in [2.05, 4.69) is 39.8 Å². The van der Waals surface area contributed by atoms with Crippen molar-refractivity contribution in [2.45, 2.75) is 59.0 Å². The molecule has 1 aromatic rings. The van der Waals surface area contributed by atoms with E-state index in [-0.39, 0.29) is 11.5 Å². The van der Waals surface area contributed by atoms with Crippen LogP contribution in [0.1, 0.15) is 58.4 Å². The van der Waals surface area contributed by atoms with Gasteiger partial charge >= 0.3 is 0 Å². The molecule has 1 aromatic carbocycles. The summed E-state index contributed by atoms with van der Waals surface area (Å²) in [4.78, 5) is 11.9. The van der Waals surface area contributed by atoms with E-state index in [1.165, 1.54) is 5.56 Å². The van der Waals surface area contributed by atoms with E-state index in [0.29, 0.717) is 18.1 Å². The molecule has 0 radical (unpaired) electrons. The molecule has 1 aliphatic carbocycles. The van der Waals surface area contributed by atoms with Gasteiger partial charge in [-0.05, 0) is 36.5 Å². The van der Waals surface area contributed by atoms with Crippen LogP contribution in [0.2, 0.25) is 0 Å². The molecule has 104 valence electrons. The van der Waals surface area contributed by atoms with E-state index in [0.717, 1.165) is 18.6 Å². The number of rotatable bonds is 5. The Kier molecular flexibility index (Phi) is 3.98. The molecule has 0 spiro atoms. The SMILES string of the molecule is CCC1(CC)C(=O)CC1Oc1cccc(C(C)C)c1. The Morgan fingerprint density at radius 3 is 2.53 bits per heavy atom. The molecule has 0 saturated heterocycles. The van der Waals surface area contributed by atoms with Crippen LogP contribution >= 0.6 is 0 Å². The molecular formula is C17H24O2. The topological polar surface area (TPSA) is 26.3 Å². The van der Waals surface area contributed by atoms with Gasteiger partial charge in [-0.15, -0.1) is 0 Å². The van der Waals surface area contributed by atoms with E-state index in [1.807, 2.05) is 12.1 Å². The van der Waals surface area contributed by atoms with Crippen molar-refractivity contribution in [3.05, 3.63) is 29.8 Å². The summed E-state index contributed by atoms with van der Waals surface area (Å²) in [5, 5.41) is 0. The second kappa shape index (κ2) is 5.36. The molecule has 0 aliphatic heterocycles. The average Bonchev–Trinajstić information content (AvgIpc) is 2.40. The molecule has 0 N–H and O–H groups in total. The van der Waals surface area contributed by atoms with Crippen LogP contribution in [-0.2, 0) is 4.79 Å². The maximum Gasteiger partial charge on any atom is 0.146 e. The lowest BCUT2D eigenvalue weighted by atomic mass is 9.61. The number of carbonyl (C=O) groups is 1. The molecule has 1 saturated carbocycles. The Morgan fingerprint density at radius 2 is 2.00 bits per heavy atom. The quantitative estimate of drug-likeness (QED) is 0.787. The van der Waals surface area contributed by atoms with Crippen LogP contribution in [0, 0.1) is 5.41 Å². The summed E-state index contributed by atoms with van der Waals surface area (Å²) in [5.41, 5.74) is 1.04. The molecule has 0 amide bonds. The van der Waals surface area contributed by atoms with Crippen molar-refractivity contribution >= 4 is 5.78 Å². The molecule has 2 nitrogen and oxygen atoms in total. The molecule has 1 aliphatic rings. The minimum absolute atomic E-state index is 0.0532. The number of hydrogen-bond acceptors (Lipinski definition) is 2. The first-order valence-corrected chi connectivity index (χ1v) is 7.33. The van der Waals surface area contributed by atoms with Crippen molar-refractivity contribution in [1.82, 2.24) is 0 Å². The first-order chi connectivity index (χ1) is 9.03. The molecule has 19 heavy (non-hydrogen) atoms. The normalized spacial score (nSPS) is 21.3. The molecule has 1 fully saturated rings. The number of Topliss-reactive ketones (excluding diaryl/α,β-unsaturated/α-hetero) is 1. The van der Waals surface area contributed by atoms with Crippen LogP contribution in [0.15, 0.2) is 24.3 Å². The van der Waals surface area contributed by atoms with Crippen LogP contribution in [0.4, 0.5) is 0 Å². The summed E-state index contributed by atoms with van der Waals surface area (Å²) in [7, 11) is 0. The predicted octanol–water partition coefficient (Wildman–Crippen LogP) is 4.34. The lowest BCUT2D eigenvalue weighted by Gasteiger charge is -2.46. The van der Waals surface area contributed by atoms with Crippen LogP contribution < -0.4 is 4.74 Å². The highest BCUT2D eigenvalue weighted by molar-refractivity contribution is 5.92. The van der Waals surface area contributed by atoms with Crippen molar-refractivity contribution in [2.75, 3.05) is 0 Å². The van der Waals surface area contributed by atoms with Crippen LogP contribution in [-0.4, -0.2) is 11.9 Å². The van der Waals surface area contributed by atoms with Crippen molar-refractivity contribution < 1.29 is 9.53 Å². The van der Waals surface area contributed by atoms with E-state index in [9.17, 15) is 4.79 Å². The number of hydrogen-bond donors (Lipinski definition) is 0. The largest absolute Gasteiger partial charge is 0.489 e. The molecule has 0 aromatic heterocycles. The van der Waals surface area contributed by atoms with Crippen LogP contribution in [0.3, 0.4) is 0 Å². The van der Waals surface area contributed by atoms with Gasteiger partial charge in [0.2, 0.25) is 0 Å². The molecule has 2 rings (SSSR count). The fourth-order valence-corrected chi connectivity index (χ4v) is 2.98. The summed E-state index contributed by atoms with van der Waals surface area (Å²) in [5.74, 6) is 1.76. The summed E-state index contributed by atoms with van der Waals surface area (Å²) >= 11 is 0. The highest BCUT2D eigenvalue weighted by Crippen LogP contribution is 2.45. The molecule has 2 heteroatoms. The van der Waals surface area contributed by atoms with Crippen molar-refractivity contribution in [3.8, 4) is 5.75 Å². The molecular weight excluding hydrogens is 236 g/mol. The number of carbonyl (C=O) groups excluding carboxylic acids is 1. The molecule has 1 unspecified atom stereocenters. The highest BCUT2D eigenvalue weighted by Gasteiger charge is 2.53. The third-order valence-electron chi connectivity index (χ3n) is 4.61. The second-order valence-electron chi connectivity index (χ2n) is 5.82. The summed E-state index contributed by atoms with van der Waals surface area (Å²) in [6.07, 6.45) is 2.36. The number of ketones is 1. The Morgan fingerprint density at radius 1 is 1.32 bits per heavy atom. The van der Waals surface area contributed by atoms with Gasteiger partial charge in [0.15, 0.2) is 0 Å². The minimum atomic E-state index is -0.242. The maximum atomic E-state index is 11.9. The molecule has 0 bridgehead atoms. The van der Waals surface area contributed by atoms with E-state index in [4.69, 9.17) is 4.74 Å². The third kappa shape index (κ3) is 2.41. The third-order valence-corrected chi connectivity index (χ3v) is 4.61. The summed E-state index contributed by atoms with van der Waals surface area (Å²) in [6.45, 7) is 8.52. The Hall–Kier alpha value is -1.31. The Bertz CT molecular complexity index is 458. The zero-order valence-corrected chi connectivity index (χ0v) is 12.4. The zero-order valence-electron chi connectivity index (χ0n) is 12.4. The van der Waals surface area contributed by atoms with Crippen molar-refractivity contribution in [1.29, 1.82) is 0 Å². The Labute approximate surface area is 116 Å². The van der Waals surface area contributed by atoms with Crippen LogP contribution in [0.5, 0.6) is 5.75 Å². The molecule has 0 heterocycles. The van der Waals surface area contributed by atoms with Crippen LogP contribution in [0.25, 0.3) is 0 Å². The lowest BCUT2D eigenvalue weighted by Crippen LogP contribution is -2.56. The monoisotopic (exact) mass is 260 g/mol. The van der Waals surface area contributed by atoms with Gasteiger partial charge in [0.05, 0.1) is 5.41 Å². The van der Waals surface area contributed by atoms with Gasteiger partial charge in [0.1, 0.15) is 17.6 Å². The maximum absolute atomic E-state index is 11.9. The van der Waals surface area contributed by atoms with Gasteiger partial charge in [-0.3, -0.25) is 4.79 Å². The minimum Gasteiger partial charge on any atom is -0.489 e. The van der Waals surface area contributed by atoms with Gasteiger partial charge in [-0.2, -0.15) is 0 Å².